The predicted molar refractivity (Wildman–Crippen MR) is 140 cm³/mol. The normalized spacial score (nSPS) is 16.3. The van der Waals surface area contributed by atoms with Crippen molar-refractivity contribution in [1.82, 2.24) is 10.2 Å². The molecule has 10 heteroatoms. The van der Waals surface area contributed by atoms with E-state index < -0.39 is 23.8 Å². The Morgan fingerprint density at radius 1 is 1.14 bits per heavy atom. The maximum Gasteiger partial charge on any atom is 0.408 e. The molecule has 1 heterocycles. The van der Waals surface area contributed by atoms with Crippen molar-refractivity contribution in [3.63, 3.8) is 0 Å². The largest absolute Gasteiger partial charge is 0.444 e. The van der Waals surface area contributed by atoms with E-state index in [2.05, 4.69) is 15.6 Å². The smallest absolute Gasteiger partial charge is 0.408 e. The van der Waals surface area contributed by atoms with Gasteiger partial charge in [-0.2, -0.15) is 0 Å². The summed E-state index contributed by atoms with van der Waals surface area (Å²) in [5.41, 5.74) is 10.7. The molecule has 0 saturated carbocycles. The number of hydrogen-bond donors (Lipinski definition) is 4. The van der Waals surface area contributed by atoms with Crippen LogP contribution in [0.2, 0.25) is 0 Å². The fourth-order valence-electron chi connectivity index (χ4n) is 4.21. The lowest BCUT2D eigenvalue weighted by molar-refractivity contribution is -0.138. The predicted octanol–water partition coefficient (Wildman–Crippen LogP) is 2.72. The molecule has 0 bridgehead atoms. The number of benzene rings is 2. The van der Waals surface area contributed by atoms with E-state index in [0.717, 1.165) is 10.8 Å². The number of carbonyl (C=O) groups is 3. The van der Waals surface area contributed by atoms with Crippen LogP contribution in [0.5, 0.6) is 0 Å². The summed E-state index contributed by atoms with van der Waals surface area (Å²) in [6.07, 6.45) is 1.29. The monoisotopic (exact) mass is 496 g/mol. The van der Waals surface area contributed by atoms with Gasteiger partial charge < -0.3 is 31.7 Å². The molecule has 194 valence electrons. The Balaban J connectivity index is 1.71. The Morgan fingerprint density at radius 3 is 2.56 bits per heavy atom. The number of fused-ring (bicyclic) bond motifs is 1. The third-order valence-electron chi connectivity index (χ3n) is 5.79. The van der Waals surface area contributed by atoms with Crippen LogP contribution in [0.4, 0.5) is 10.5 Å². The van der Waals surface area contributed by atoms with Gasteiger partial charge in [-0.15, -0.1) is 0 Å². The van der Waals surface area contributed by atoms with Crippen LogP contribution in [0, 0.1) is 0 Å². The molecule has 0 radical (unpaired) electrons. The van der Waals surface area contributed by atoms with Crippen molar-refractivity contribution in [3.8, 4) is 0 Å². The van der Waals surface area contributed by atoms with Crippen LogP contribution in [-0.2, 0) is 14.3 Å². The van der Waals surface area contributed by atoms with Crippen LogP contribution in [0.15, 0.2) is 47.5 Å². The SMILES string of the molecule is CC(C)(C)OC(=O)N[C@@H](CCCN=C(N)N)C(=O)N1CCC[C@H]1C(=O)Nc1ccc2ccccc2c1. The van der Waals surface area contributed by atoms with Crippen molar-refractivity contribution >= 4 is 40.3 Å². The van der Waals surface area contributed by atoms with Gasteiger partial charge in [0, 0.05) is 18.8 Å². The number of anilines is 1. The van der Waals surface area contributed by atoms with E-state index in [-0.39, 0.29) is 17.8 Å². The van der Waals surface area contributed by atoms with Gasteiger partial charge in [-0.05, 0) is 69.4 Å². The average molecular weight is 497 g/mol. The highest BCUT2D eigenvalue weighted by Crippen LogP contribution is 2.23. The lowest BCUT2D eigenvalue weighted by atomic mass is 10.1. The molecule has 10 nitrogen and oxygen atoms in total. The number of guanidine groups is 1. The molecule has 1 aliphatic rings. The Morgan fingerprint density at radius 2 is 1.86 bits per heavy atom. The molecular weight excluding hydrogens is 460 g/mol. The fourth-order valence-corrected chi connectivity index (χ4v) is 4.21. The van der Waals surface area contributed by atoms with E-state index in [1.165, 1.54) is 0 Å². The van der Waals surface area contributed by atoms with E-state index in [1.807, 2.05) is 42.5 Å². The summed E-state index contributed by atoms with van der Waals surface area (Å²) in [6.45, 7) is 5.98. The molecule has 2 aromatic carbocycles. The van der Waals surface area contributed by atoms with E-state index in [9.17, 15) is 14.4 Å². The van der Waals surface area contributed by atoms with Gasteiger partial charge in [-0.3, -0.25) is 14.6 Å². The van der Waals surface area contributed by atoms with Crippen LogP contribution in [0.3, 0.4) is 0 Å². The molecule has 0 spiro atoms. The van der Waals surface area contributed by atoms with Crippen molar-refractivity contribution in [2.75, 3.05) is 18.4 Å². The highest BCUT2D eigenvalue weighted by Gasteiger charge is 2.38. The van der Waals surface area contributed by atoms with Crippen LogP contribution in [0.25, 0.3) is 10.8 Å². The summed E-state index contributed by atoms with van der Waals surface area (Å²) >= 11 is 0. The van der Waals surface area contributed by atoms with Crippen LogP contribution < -0.4 is 22.1 Å². The molecule has 1 fully saturated rings. The first-order chi connectivity index (χ1) is 17.0. The van der Waals surface area contributed by atoms with Gasteiger partial charge in [0.05, 0.1) is 0 Å². The lowest BCUT2D eigenvalue weighted by Gasteiger charge is -2.29. The van der Waals surface area contributed by atoms with Crippen LogP contribution in [0.1, 0.15) is 46.5 Å². The van der Waals surface area contributed by atoms with Crippen molar-refractivity contribution in [2.24, 2.45) is 16.5 Å². The first-order valence-electron chi connectivity index (χ1n) is 12.2. The van der Waals surface area contributed by atoms with Gasteiger partial charge in [0.1, 0.15) is 17.7 Å². The Kier molecular flexibility index (Phi) is 8.73. The number of nitrogens with zero attached hydrogens (tertiary/aromatic N) is 2. The topological polar surface area (TPSA) is 152 Å². The van der Waals surface area contributed by atoms with Crippen molar-refractivity contribution in [3.05, 3.63) is 42.5 Å². The summed E-state index contributed by atoms with van der Waals surface area (Å²) in [7, 11) is 0. The minimum Gasteiger partial charge on any atom is -0.444 e. The third kappa shape index (κ3) is 7.59. The summed E-state index contributed by atoms with van der Waals surface area (Å²) in [4.78, 5) is 44.6. The molecule has 0 aromatic heterocycles. The third-order valence-corrected chi connectivity index (χ3v) is 5.79. The second-order valence-corrected chi connectivity index (χ2v) is 9.89. The van der Waals surface area contributed by atoms with E-state index in [0.29, 0.717) is 44.5 Å². The zero-order valence-electron chi connectivity index (χ0n) is 21.1. The van der Waals surface area contributed by atoms with Gasteiger partial charge in [-0.1, -0.05) is 30.3 Å². The van der Waals surface area contributed by atoms with Crippen molar-refractivity contribution < 1.29 is 19.1 Å². The Hall–Kier alpha value is -3.82. The van der Waals surface area contributed by atoms with Crippen molar-refractivity contribution in [1.29, 1.82) is 0 Å². The van der Waals surface area contributed by atoms with E-state index >= 15 is 0 Å². The fraction of sp³-hybridized carbons (Fsp3) is 0.462. The maximum atomic E-state index is 13.5. The maximum absolute atomic E-state index is 13.5. The van der Waals surface area contributed by atoms with Crippen LogP contribution >= 0.6 is 0 Å². The van der Waals surface area contributed by atoms with Crippen LogP contribution in [-0.4, -0.2) is 59.5 Å². The molecule has 2 aromatic rings. The van der Waals surface area contributed by atoms with Gasteiger partial charge in [0.25, 0.3) is 0 Å². The molecule has 0 aliphatic carbocycles. The molecule has 2 atom stereocenters. The number of ether oxygens (including phenoxy) is 1. The van der Waals surface area contributed by atoms with Gasteiger partial charge >= 0.3 is 6.09 Å². The molecule has 3 rings (SSSR count). The highest BCUT2D eigenvalue weighted by atomic mass is 16.6. The summed E-state index contributed by atoms with van der Waals surface area (Å²) in [6, 6.07) is 12.1. The standard InChI is InChI=1S/C26H36N6O4/c1-26(2,3)36-25(35)31-20(10-6-14-29-24(27)28)23(34)32-15-7-11-21(32)22(33)30-19-13-12-17-8-4-5-9-18(17)16-19/h4-5,8-9,12-13,16,20-21H,6-7,10-11,14-15H2,1-3H3,(H,30,33)(H,31,35)(H4,27,28,29)/t20-,21-/m0/s1. The quantitative estimate of drug-likeness (QED) is 0.250. The number of nitrogens with two attached hydrogens (primary N) is 2. The van der Waals surface area contributed by atoms with Gasteiger partial charge in [0.15, 0.2) is 5.96 Å². The molecule has 0 unspecified atom stereocenters. The van der Waals surface area contributed by atoms with Gasteiger partial charge in [0.2, 0.25) is 11.8 Å². The summed E-state index contributed by atoms with van der Waals surface area (Å²) in [5.74, 6) is -0.627. The summed E-state index contributed by atoms with van der Waals surface area (Å²) < 4.78 is 5.35. The second kappa shape index (κ2) is 11.7. The minimum absolute atomic E-state index is 0.0389. The number of carbonyl (C=O) groups excluding carboxylic acids is 3. The van der Waals surface area contributed by atoms with Gasteiger partial charge in [-0.25, -0.2) is 4.79 Å². The number of nitrogens with one attached hydrogen (secondary N) is 2. The molecular formula is C26H36N6O4. The zero-order valence-corrected chi connectivity index (χ0v) is 21.1. The highest BCUT2D eigenvalue weighted by molar-refractivity contribution is 6.00. The molecule has 3 amide bonds. The Bertz CT molecular complexity index is 1120. The molecule has 36 heavy (non-hydrogen) atoms. The molecule has 1 aliphatic heterocycles. The average Bonchev–Trinajstić information content (AvgIpc) is 3.29. The first-order valence-corrected chi connectivity index (χ1v) is 12.2. The number of hydrogen-bond acceptors (Lipinski definition) is 5. The molecule has 1 saturated heterocycles. The van der Waals surface area contributed by atoms with E-state index in [4.69, 9.17) is 16.2 Å². The van der Waals surface area contributed by atoms with Crippen molar-refractivity contribution in [2.45, 2.75) is 64.1 Å². The number of likely N-dealkylation sites (tertiary alicyclic amines) is 1. The number of alkyl carbamates (subject to hydrolysis) is 1. The molecule has 6 N–H and O–H groups in total. The number of aliphatic imine (C=N–C) groups is 1. The number of amides is 3. The minimum atomic E-state index is -0.872. The summed E-state index contributed by atoms with van der Waals surface area (Å²) in [5, 5.41) is 7.70. The number of rotatable bonds is 8. The lowest BCUT2D eigenvalue weighted by Crippen LogP contribution is -2.53. The first kappa shape index (κ1) is 26.8. The zero-order chi connectivity index (χ0) is 26.3. The van der Waals surface area contributed by atoms with E-state index in [1.54, 1.807) is 25.7 Å². The Labute approximate surface area is 211 Å². The second-order valence-electron chi connectivity index (χ2n) is 9.89.